The van der Waals surface area contributed by atoms with Gasteiger partial charge in [-0.1, -0.05) is 48.5 Å². The van der Waals surface area contributed by atoms with Crippen LogP contribution >= 0.6 is 0 Å². The Morgan fingerprint density at radius 3 is 2.20 bits per heavy atom. The van der Waals surface area contributed by atoms with Crippen LogP contribution in [0.2, 0.25) is 0 Å². The van der Waals surface area contributed by atoms with Gasteiger partial charge in [-0.3, -0.25) is 5.32 Å². The third-order valence-corrected chi connectivity index (χ3v) is 5.06. The van der Waals surface area contributed by atoms with Gasteiger partial charge in [0.1, 0.15) is 11.2 Å². The number of rotatable bonds is 3. The number of piperidine rings is 1. The molecule has 1 N–H and O–H groups in total. The quantitative estimate of drug-likeness (QED) is 0.706. The lowest BCUT2D eigenvalue weighted by Crippen LogP contribution is -2.49. The maximum Gasteiger partial charge on any atom is 0.412 e. The Morgan fingerprint density at radius 2 is 1.57 bits per heavy atom. The maximum absolute atomic E-state index is 12.6. The molecule has 2 aromatic rings. The van der Waals surface area contributed by atoms with Crippen molar-refractivity contribution in [2.24, 2.45) is 0 Å². The van der Waals surface area contributed by atoms with Crippen LogP contribution in [0, 0.1) is 0 Å². The zero-order valence-electron chi connectivity index (χ0n) is 18.1. The second-order valence-electron chi connectivity index (χ2n) is 8.84. The monoisotopic (exact) mass is 410 g/mol. The van der Waals surface area contributed by atoms with Crippen LogP contribution in [-0.4, -0.2) is 41.4 Å². The second kappa shape index (κ2) is 8.78. The number of amides is 2. The van der Waals surface area contributed by atoms with E-state index in [1.54, 1.807) is 4.90 Å². The van der Waals surface area contributed by atoms with E-state index in [0.717, 1.165) is 11.1 Å². The molecule has 1 fully saturated rings. The Hall–Kier alpha value is -3.02. The van der Waals surface area contributed by atoms with E-state index >= 15 is 0 Å². The number of nitrogens with one attached hydrogen (secondary N) is 1. The molecule has 0 atom stereocenters. The fraction of sp³-hybridized carbons (Fsp3) is 0.417. The molecule has 0 unspecified atom stereocenters. The van der Waals surface area contributed by atoms with E-state index in [2.05, 4.69) is 5.32 Å². The van der Waals surface area contributed by atoms with Gasteiger partial charge in [0, 0.05) is 31.5 Å². The predicted molar refractivity (Wildman–Crippen MR) is 117 cm³/mol. The van der Waals surface area contributed by atoms with Gasteiger partial charge in [-0.25, -0.2) is 9.59 Å². The largest absolute Gasteiger partial charge is 0.444 e. The molecular weight excluding hydrogens is 380 g/mol. The Bertz CT molecular complexity index is 882. The summed E-state index contributed by atoms with van der Waals surface area (Å²) in [7, 11) is 0. The van der Waals surface area contributed by atoms with Crippen molar-refractivity contribution in [3.63, 3.8) is 0 Å². The Kier molecular flexibility index (Phi) is 6.34. The summed E-state index contributed by atoms with van der Waals surface area (Å²) in [6, 6.07) is 17.5. The van der Waals surface area contributed by atoms with Gasteiger partial charge in [-0.2, -0.15) is 0 Å². The highest BCUT2D eigenvalue weighted by atomic mass is 16.6. The minimum atomic E-state index is -0.635. The lowest BCUT2D eigenvalue weighted by molar-refractivity contribution is -0.0271. The van der Waals surface area contributed by atoms with Gasteiger partial charge in [0.2, 0.25) is 0 Å². The number of ether oxygens (including phenoxy) is 2. The van der Waals surface area contributed by atoms with Crippen LogP contribution in [0.1, 0.15) is 40.5 Å². The topological polar surface area (TPSA) is 67.9 Å². The maximum atomic E-state index is 12.6. The van der Waals surface area contributed by atoms with Crippen molar-refractivity contribution in [3.8, 4) is 11.1 Å². The number of carbonyl (C=O) groups is 2. The van der Waals surface area contributed by atoms with Gasteiger partial charge in [0.25, 0.3) is 0 Å². The molecule has 0 spiro atoms. The van der Waals surface area contributed by atoms with Crippen molar-refractivity contribution < 1.29 is 19.1 Å². The van der Waals surface area contributed by atoms with E-state index in [-0.39, 0.29) is 6.09 Å². The van der Waals surface area contributed by atoms with Crippen molar-refractivity contribution in [2.45, 2.75) is 51.7 Å². The average Bonchev–Trinajstić information content (AvgIpc) is 2.68. The van der Waals surface area contributed by atoms with Gasteiger partial charge < -0.3 is 14.4 Å². The second-order valence-corrected chi connectivity index (χ2v) is 8.84. The van der Waals surface area contributed by atoms with E-state index in [4.69, 9.17) is 9.47 Å². The number of hydrogen-bond acceptors (Lipinski definition) is 4. The first kappa shape index (κ1) is 21.7. The molecule has 1 heterocycles. The predicted octanol–water partition coefficient (Wildman–Crippen LogP) is 5.69. The smallest absolute Gasteiger partial charge is 0.412 e. The van der Waals surface area contributed by atoms with Crippen LogP contribution < -0.4 is 5.32 Å². The normalized spacial score (nSPS) is 15.9. The summed E-state index contributed by atoms with van der Waals surface area (Å²) in [4.78, 5) is 26.5. The molecule has 3 rings (SSSR count). The summed E-state index contributed by atoms with van der Waals surface area (Å²) in [5, 5.41) is 2.88. The summed E-state index contributed by atoms with van der Waals surface area (Å²) in [5.74, 6) is 0. The molecule has 1 saturated heterocycles. The number of para-hydroxylation sites is 1. The highest BCUT2D eigenvalue weighted by Gasteiger charge is 2.36. The molecule has 160 valence electrons. The van der Waals surface area contributed by atoms with E-state index in [9.17, 15) is 9.59 Å². The first-order valence-corrected chi connectivity index (χ1v) is 10.3. The van der Waals surface area contributed by atoms with E-state index < -0.39 is 17.3 Å². The molecule has 30 heavy (non-hydrogen) atoms. The first-order valence-electron chi connectivity index (χ1n) is 10.3. The number of nitrogens with zero attached hydrogens (tertiary/aromatic N) is 1. The van der Waals surface area contributed by atoms with Crippen LogP contribution in [0.25, 0.3) is 11.1 Å². The zero-order valence-corrected chi connectivity index (χ0v) is 18.1. The third kappa shape index (κ3) is 5.75. The van der Waals surface area contributed by atoms with Gasteiger partial charge in [-0.15, -0.1) is 0 Å². The van der Waals surface area contributed by atoms with Crippen molar-refractivity contribution in [3.05, 3.63) is 54.6 Å². The van der Waals surface area contributed by atoms with E-state index in [1.165, 1.54) is 0 Å². The molecule has 2 aromatic carbocycles. The van der Waals surface area contributed by atoms with Crippen LogP contribution in [0.4, 0.5) is 15.3 Å². The summed E-state index contributed by atoms with van der Waals surface area (Å²) >= 11 is 0. The molecule has 0 aromatic heterocycles. The van der Waals surface area contributed by atoms with Crippen molar-refractivity contribution in [1.29, 1.82) is 0 Å². The van der Waals surface area contributed by atoms with Gasteiger partial charge in [-0.05, 0) is 39.3 Å². The highest BCUT2D eigenvalue weighted by molar-refractivity contribution is 5.91. The van der Waals surface area contributed by atoms with Crippen LogP contribution in [0.3, 0.4) is 0 Å². The zero-order chi connectivity index (χ0) is 21.8. The average molecular weight is 411 g/mol. The molecule has 6 nitrogen and oxygen atoms in total. The third-order valence-electron chi connectivity index (χ3n) is 5.06. The summed E-state index contributed by atoms with van der Waals surface area (Å²) < 4.78 is 11.2. The van der Waals surface area contributed by atoms with Crippen molar-refractivity contribution >= 4 is 17.9 Å². The van der Waals surface area contributed by atoms with Gasteiger partial charge >= 0.3 is 12.2 Å². The van der Waals surface area contributed by atoms with Gasteiger partial charge in [0.15, 0.2) is 0 Å². The molecule has 1 aliphatic rings. The van der Waals surface area contributed by atoms with Crippen LogP contribution in [-0.2, 0) is 9.47 Å². The number of benzene rings is 2. The highest BCUT2D eigenvalue weighted by Crippen LogP contribution is 2.30. The van der Waals surface area contributed by atoms with E-state index in [0.29, 0.717) is 31.6 Å². The Labute approximate surface area is 178 Å². The molecule has 0 aliphatic carbocycles. The lowest BCUT2D eigenvalue weighted by Gasteiger charge is -2.39. The number of hydrogen-bond donors (Lipinski definition) is 1. The number of likely N-dealkylation sites (tertiary alicyclic amines) is 1. The molecule has 0 saturated carbocycles. The molecule has 0 bridgehead atoms. The molecule has 1 aliphatic heterocycles. The van der Waals surface area contributed by atoms with E-state index in [1.807, 2.05) is 82.3 Å². The van der Waals surface area contributed by atoms with Crippen LogP contribution in [0.5, 0.6) is 0 Å². The van der Waals surface area contributed by atoms with Crippen molar-refractivity contribution in [2.75, 3.05) is 18.4 Å². The van der Waals surface area contributed by atoms with Gasteiger partial charge in [0.05, 0.1) is 5.69 Å². The fourth-order valence-electron chi connectivity index (χ4n) is 3.41. The number of anilines is 1. The summed E-state index contributed by atoms with van der Waals surface area (Å²) in [5.41, 5.74) is 1.48. The molecule has 6 heteroatoms. The SMILES string of the molecule is CC(C)(C)OC(=O)N1CCC(C)(OC(=O)Nc2ccccc2-c2ccccc2)CC1. The molecule has 2 amide bonds. The Balaban J connectivity index is 1.59. The summed E-state index contributed by atoms with van der Waals surface area (Å²) in [6.45, 7) is 8.42. The minimum absolute atomic E-state index is 0.328. The minimum Gasteiger partial charge on any atom is -0.444 e. The fourth-order valence-corrected chi connectivity index (χ4v) is 3.41. The molecular formula is C24H30N2O4. The molecule has 0 radical (unpaired) electrons. The van der Waals surface area contributed by atoms with Crippen molar-refractivity contribution in [1.82, 2.24) is 4.90 Å². The lowest BCUT2D eigenvalue weighted by atomic mass is 9.93. The Morgan fingerprint density at radius 1 is 0.967 bits per heavy atom. The standard InChI is InChI=1S/C24H30N2O4/c1-23(2,3)30-22(28)26-16-14-24(4,15-17-26)29-21(27)25-20-13-9-8-12-19(20)18-10-6-5-7-11-18/h5-13H,14-17H2,1-4H3,(H,25,27). The number of carbonyl (C=O) groups excluding carboxylic acids is 2. The summed E-state index contributed by atoms with van der Waals surface area (Å²) in [6.07, 6.45) is 0.289. The van der Waals surface area contributed by atoms with Crippen LogP contribution in [0.15, 0.2) is 54.6 Å². The first-order chi connectivity index (χ1) is 14.2.